The first kappa shape index (κ1) is 18.8. The van der Waals surface area contributed by atoms with Gasteiger partial charge in [0.2, 0.25) is 11.8 Å². The van der Waals surface area contributed by atoms with Crippen molar-refractivity contribution < 1.29 is 19.1 Å². The Morgan fingerprint density at radius 3 is 2.26 bits per heavy atom. The van der Waals surface area contributed by atoms with E-state index < -0.39 is 0 Å². The zero-order valence-electron chi connectivity index (χ0n) is 14.3. The molecule has 0 radical (unpaired) electrons. The van der Waals surface area contributed by atoms with Crippen LogP contribution in [0.4, 0.5) is 5.69 Å². The normalized spacial score (nSPS) is 10.1. The molecule has 0 heterocycles. The molecule has 0 aliphatic carbocycles. The molecule has 1 N–H and O–H groups in total. The molecule has 6 nitrogen and oxygen atoms in total. The van der Waals surface area contributed by atoms with E-state index in [1.54, 1.807) is 30.2 Å². The monoisotopic (exact) mass is 322 g/mol. The van der Waals surface area contributed by atoms with Crippen LogP contribution in [0, 0.1) is 0 Å². The average molecular weight is 322 g/mol. The van der Waals surface area contributed by atoms with Gasteiger partial charge in [-0.05, 0) is 25.0 Å². The Morgan fingerprint density at radius 1 is 1.09 bits per heavy atom. The van der Waals surface area contributed by atoms with E-state index in [2.05, 4.69) is 5.32 Å². The third-order valence-corrected chi connectivity index (χ3v) is 3.33. The Labute approximate surface area is 137 Å². The summed E-state index contributed by atoms with van der Waals surface area (Å²) in [6.45, 7) is 5.37. The number of hydrogen-bond donors (Lipinski definition) is 1. The summed E-state index contributed by atoms with van der Waals surface area (Å²) < 4.78 is 10.3. The first-order valence-electron chi connectivity index (χ1n) is 7.85. The van der Waals surface area contributed by atoms with E-state index in [1.807, 2.05) is 13.8 Å². The van der Waals surface area contributed by atoms with E-state index in [-0.39, 0.29) is 18.2 Å². The average Bonchev–Trinajstić information content (AvgIpc) is 2.54. The van der Waals surface area contributed by atoms with Crippen molar-refractivity contribution in [1.29, 1.82) is 0 Å². The fraction of sp³-hybridized carbons (Fsp3) is 0.529. The second kappa shape index (κ2) is 9.71. The standard InChI is InChI=1S/C17H26N2O4/c1-5-9-19(10-6-2)17(21)12-16(20)18-14-8-7-13(22-3)11-15(14)23-4/h7-8,11H,5-6,9-10,12H2,1-4H3,(H,18,20). The molecule has 0 atom stereocenters. The van der Waals surface area contributed by atoms with Gasteiger partial charge in [0.15, 0.2) is 0 Å². The number of anilines is 1. The van der Waals surface area contributed by atoms with Crippen LogP contribution in [-0.4, -0.2) is 44.0 Å². The smallest absolute Gasteiger partial charge is 0.233 e. The molecule has 0 unspecified atom stereocenters. The quantitative estimate of drug-likeness (QED) is 0.710. The van der Waals surface area contributed by atoms with Crippen LogP contribution in [0.1, 0.15) is 33.1 Å². The summed E-state index contributed by atoms with van der Waals surface area (Å²) in [7, 11) is 3.07. The van der Waals surface area contributed by atoms with Crippen molar-refractivity contribution in [2.75, 3.05) is 32.6 Å². The van der Waals surface area contributed by atoms with Gasteiger partial charge in [-0.1, -0.05) is 13.8 Å². The molecular weight excluding hydrogens is 296 g/mol. The fourth-order valence-corrected chi connectivity index (χ4v) is 2.25. The maximum atomic E-state index is 12.2. The highest BCUT2D eigenvalue weighted by Crippen LogP contribution is 2.29. The van der Waals surface area contributed by atoms with Crippen molar-refractivity contribution in [2.24, 2.45) is 0 Å². The van der Waals surface area contributed by atoms with Crippen molar-refractivity contribution >= 4 is 17.5 Å². The lowest BCUT2D eigenvalue weighted by atomic mass is 10.2. The number of nitrogens with zero attached hydrogens (tertiary/aromatic N) is 1. The second-order valence-corrected chi connectivity index (χ2v) is 5.17. The van der Waals surface area contributed by atoms with E-state index in [9.17, 15) is 9.59 Å². The molecular formula is C17H26N2O4. The van der Waals surface area contributed by atoms with Gasteiger partial charge in [-0.2, -0.15) is 0 Å². The Balaban J connectivity index is 2.70. The zero-order valence-corrected chi connectivity index (χ0v) is 14.3. The number of carbonyl (C=O) groups is 2. The number of ether oxygens (including phenoxy) is 2. The molecule has 0 saturated heterocycles. The zero-order chi connectivity index (χ0) is 17.2. The van der Waals surface area contributed by atoms with E-state index in [0.717, 1.165) is 12.8 Å². The van der Waals surface area contributed by atoms with Gasteiger partial charge in [-0.15, -0.1) is 0 Å². The summed E-state index contributed by atoms with van der Waals surface area (Å²) in [5.41, 5.74) is 0.517. The summed E-state index contributed by atoms with van der Waals surface area (Å²) in [5, 5.41) is 2.72. The molecule has 23 heavy (non-hydrogen) atoms. The first-order valence-corrected chi connectivity index (χ1v) is 7.85. The minimum Gasteiger partial charge on any atom is -0.497 e. The van der Waals surface area contributed by atoms with Crippen molar-refractivity contribution in [2.45, 2.75) is 33.1 Å². The summed E-state index contributed by atoms with van der Waals surface area (Å²) >= 11 is 0. The molecule has 0 saturated carbocycles. The molecule has 0 aliphatic heterocycles. The molecule has 1 aromatic carbocycles. The van der Waals surface area contributed by atoms with E-state index >= 15 is 0 Å². The lowest BCUT2D eigenvalue weighted by molar-refractivity contribution is -0.134. The molecule has 6 heteroatoms. The molecule has 1 aromatic rings. The van der Waals surface area contributed by atoms with Crippen LogP contribution in [0.15, 0.2) is 18.2 Å². The van der Waals surface area contributed by atoms with Crippen LogP contribution < -0.4 is 14.8 Å². The maximum Gasteiger partial charge on any atom is 0.233 e. The molecule has 1 rings (SSSR count). The van der Waals surface area contributed by atoms with E-state index in [1.165, 1.54) is 7.11 Å². The number of rotatable bonds is 9. The third kappa shape index (κ3) is 5.81. The second-order valence-electron chi connectivity index (χ2n) is 5.17. The van der Waals surface area contributed by atoms with E-state index in [4.69, 9.17) is 9.47 Å². The highest BCUT2D eigenvalue weighted by atomic mass is 16.5. The molecule has 0 fully saturated rings. The summed E-state index contributed by atoms with van der Waals surface area (Å²) in [6, 6.07) is 5.09. The van der Waals surface area contributed by atoms with Crippen LogP contribution in [0.3, 0.4) is 0 Å². The predicted molar refractivity (Wildman–Crippen MR) is 90.0 cm³/mol. The van der Waals surface area contributed by atoms with E-state index in [0.29, 0.717) is 30.3 Å². The highest BCUT2D eigenvalue weighted by molar-refractivity contribution is 6.04. The summed E-state index contributed by atoms with van der Waals surface area (Å²) in [4.78, 5) is 26.0. The SMILES string of the molecule is CCCN(CCC)C(=O)CC(=O)Nc1ccc(OC)cc1OC. The minimum absolute atomic E-state index is 0.154. The number of amides is 2. The summed E-state index contributed by atoms with van der Waals surface area (Å²) in [5.74, 6) is 0.617. The van der Waals surface area contributed by atoms with Crippen LogP contribution in [0.25, 0.3) is 0 Å². The Morgan fingerprint density at radius 2 is 1.74 bits per heavy atom. The van der Waals surface area contributed by atoms with Crippen LogP contribution in [0.5, 0.6) is 11.5 Å². The third-order valence-electron chi connectivity index (χ3n) is 3.33. The van der Waals surface area contributed by atoms with Gasteiger partial charge in [0.1, 0.15) is 17.9 Å². The number of methoxy groups -OCH3 is 2. The van der Waals surface area contributed by atoms with Gasteiger partial charge in [0.05, 0.1) is 19.9 Å². The van der Waals surface area contributed by atoms with Gasteiger partial charge in [-0.25, -0.2) is 0 Å². The van der Waals surface area contributed by atoms with Gasteiger partial charge >= 0.3 is 0 Å². The number of hydrogen-bond acceptors (Lipinski definition) is 4. The highest BCUT2D eigenvalue weighted by Gasteiger charge is 2.17. The predicted octanol–water partition coefficient (Wildman–Crippen LogP) is 2.68. The molecule has 2 amide bonds. The molecule has 0 aliphatic rings. The number of benzene rings is 1. The van der Waals surface area contributed by atoms with Crippen LogP contribution in [0.2, 0.25) is 0 Å². The molecule has 0 aromatic heterocycles. The topological polar surface area (TPSA) is 67.9 Å². The van der Waals surface area contributed by atoms with Gasteiger partial charge in [-0.3, -0.25) is 9.59 Å². The van der Waals surface area contributed by atoms with Crippen molar-refractivity contribution in [1.82, 2.24) is 4.90 Å². The number of carbonyl (C=O) groups excluding carboxylic acids is 2. The number of nitrogens with one attached hydrogen (secondary N) is 1. The maximum absolute atomic E-state index is 12.2. The lowest BCUT2D eigenvalue weighted by Gasteiger charge is -2.21. The minimum atomic E-state index is -0.351. The Kier molecular flexibility index (Phi) is 7.94. The Hall–Kier alpha value is -2.24. The molecule has 0 bridgehead atoms. The Bertz CT molecular complexity index is 525. The van der Waals surface area contributed by atoms with Crippen molar-refractivity contribution in [3.8, 4) is 11.5 Å². The van der Waals surface area contributed by atoms with Crippen molar-refractivity contribution in [3.63, 3.8) is 0 Å². The van der Waals surface area contributed by atoms with Crippen LogP contribution in [-0.2, 0) is 9.59 Å². The first-order chi connectivity index (χ1) is 11.0. The van der Waals surface area contributed by atoms with Crippen LogP contribution >= 0.6 is 0 Å². The van der Waals surface area contributed by atoms with Gasteiger partial charge in [0.25, 0.3) is 0 Å². The fourth-order valence-electron chi connectivity index (χ4n) is 2.25. The largest absolute Gasteiger partial charge is 0.497 e. The molecule has 128 valence electrons. The lowest BCUT2D eigenvalue weighted by Crippen LogP contribution is -2.35. The van der Waals surface area contributed by atoms with Gasteiger partial charge in [0, 0.05) is 19.2 Å². The summed E-state index contributed by atoms with van der Waals surface area (Å²) in [6.07, 6.45) is 1.58. The molecule has 0 spiro atoms. The van der Waals surface area contributed by atoms with Crippen molar-refractivity contribution in [3.05, 3.63) is 18.2 Å². The van der Waals surface area contributed by atoms with Gasteiger partial charge < -0.3 is 19.7 Å².